The second kappa shape index (κ2) is 10.5. The highest BCUT2D eigenvalue weighted by atomic mass is 32.1. The molecule has 1 aliphatic carbocycles. The molecule has 0 radical (unpaired) electrons. The Morgan fingerprint density at radius 3 is 2.61 bits per heavy atom. The molecule has 2 aromatic carbocycles. The lowest BCUT2D eigenvalue weighted by atomic mass is 9.87. The molecular formula is C35H33N5S. The Bertz CT molecular complexity index is 1910. The Hall–Kier alpha value is -4.42. The van der Waals surface area contributed by atoms with Crippen molar-refractivity contribution in [3.8, 4) is 33.0 Å². The topological polar surface area (TPSA) is 69.4 Å². The van der Waals surface area contributed by atoms with Crippen LogP contribution >= 0.6 is 11.3 Å². The van der Waals surface area contributed by atoms with Gasteiger partial charge in [0, 0.05) is 49.1 Å². The zero-order valence-corrected chi connectivity index (χ0v) is 24.1. The molecule has 5 nitrogen and oxygen atoms in total. The fourth-order valence-electron chi connectivity index (χ4n) is 6.01. The van der Waals surface area contributed by atoms with Gasteiger partial charge in [-0.1, -0.05) is 50.6 Å². The van der Waals surface area contributed by atoms with Crippen molar-refractivity contribution in [2.45, 2.75) is 39.0 Å². The van der Waals surface area contributed by atoms with E-state index in [4.69, 9.17) is 5.10 Å². The number of nitrogens with zero attached hydrogens (tertiary/aromatic N) is 2. The van der Waals surface area contributed by atoms with E-state index < -0.39 is 0 Å². The van der Waals surface area contributed by atoms with Crippen LogP contribution in [0.5, 0.6) is 0 Å². The highest BCUT2D eigenvalue weighted by molar-refractivity contribution is 7.16. The van der Waals surface area contributed by atoms with Gasteiger partial charge in [-0.2, -0.15) is 5.10 Å². The Balaban J connectivity index is 1.22. The molecule has 0 saturated heterocycles. The van der Waals surface area contributed by atoms with Crippen LogP contribution in [0.15, 0.2) is 91.9 Å². The van der Waals surface area contributed by atoms with Crippen LogP contribution in [0.2, 0.25) is 0 Å². The van der Waals surface area contributed by atoms with E-state index >= 15 is 0 Å². The number of benzene rings is 2. The minimum Gasteiger partial charge on any atom is -0.358 e. The molecule has 4 aromatic heterocycles. The summed E-state index contributed by atoms with van der Waals surface area (Å²) in [6.45, 7) is 10.5. The Morgan fingerprint density at radius 2 is 1.78 bits per heavy atom. The number of thiophene rings is 1. The number of anilines is 1. The second-order valence-electron chi connectivity index (χ2n) is 11.2. The molecule has 204 valence electrons. The van der Waals surface area contributed by atoms with Gasteiger partial charge in [-0.15, -0.1) is 11.3 Å². The molecule has 6 heteroatoms. The predicted molar refractivity (Wildman–Crippen MR) is 174 cm³/mol. The molecule has 4 heterocycles. The van der Waals surface area contributed by atoms with E-state index in [0.717, 1.165) is 55.9 Å². The quantitative estimate of drug-likeness (QED) is 0.184. The van der Waals surface area contributed by atoms with Crippen molar-refractivity contribution in [2.75, 3.05) is 5.32 Å². The molecule has 1 saturated carbocycles. The number of aromatic amines is 2. The van der Waals surface area contributed by atoms with E-state index in [9.17, 15) is 0 Å². The van der Waals surface area contributed by atoms with E-state index in [0.29, 0.717) is 5.92 Å². The average Bonchev–Trinajstić information content (AvgIpc) is 3.75. The number of nitrogens with one attached hydrogen (secondary N) is 3. The predicted octanol–water partition coefficient (Wildman–Crippen LogP) is 10.0. The largest absolute Gasteiger partial charge is 0.358 e. The van der Waals surface area contributed by atoms with Crippen molar-refractivity contribution in [3.05, 3.63) is 96.8 Å². The van der Waals surface area contributed by atoms with Crippen LogP contribution in [-0.4, -0.2) is 20.2 Å². The zero-order valence-electron chi connectivity index (χ0n) is 23.3. The van der Waals surface area contributed by atoms with Crippen LogP contribution in [0.25, 0.3) is 60.3 Å². The van der Waals surface area contributed by atoms with Crippen molar-refractivity contribution in [2.24, 2.45) is 5.92 Å². The molecule has 0 bridgehead atoms. The van der Waals surface area contributed by atoms with Crippen LogP contribution in [-0.2, 0) is 0 Å². The molecule has 6 aromatic rings. The number of aromatic nitrogens is 4. The maximum atomic E-state index is 4.73. The van der Waals surface area contributed by atoms with Gasteiger partial charge >= 0.3 is 0 Å². The zero-order chi connectivity index (χ0) is 27.9. The Labute approximate surface area is 244 Å². The van der Waals surface area contributed by atoms with Crippen molar-refractivity contribution < 1.29 is 0 Å². The maximum absolute atomic E-state index is 4.73. The van der Waals surface area contributed by atoms with Crippen molar-refractivity contribution in [3.63, 3.8) is 0 Å². The molecular weight excluding hydrogens is 522 g/mol. The number of H-pyrrole nitrogens is 2. The molecule has 41 heavy (non-hydrogen) atoms. The lowest BCUT2D eigenvalue weighted by molar-refractivity contribution is 0.405. The monoisotopic (exact) mass is 555 g/mol. The first kappa shape index (κ1) is 25.5. The average molecular weight is 556 g/mol. The van der Waals surface area contributed by atoms with Crippen LogP contribution in [0.4, 0.5) is 5.69 Å². The lowest BCUT2D eigenvalue weighted by Gasteiger charge is -2.24. The summed E-state index contributed by atoms with van der Waals surface area (Å²) in [6, 6.07) is 21.6. The van der Waals surface area contributed by atoms with Crippen LogP contribution in [0, 0.1) is 5.92 Å². The van der Waals surface area contributed by atoms with E-state index in [1.165, 1.54) is 52.8 Å². The minimum atomic E-state index is 0.544. The second-order valence-corrected chi connectivity index (χ2v) is 12.3. The van der Waals surface area contributed by atoms with Gasteiger partial charge in [-0.25, -0.2) is 0 Å². The van der Waals surface area contributed by atoms with Gasteiger partial charge in [-0.3, -0.25) is 10.1 Å². The number of rotatable bonds is 7. The third-order valence-electron chi connectivity index (χ3n) is 8.25. The molecule has 0 atom stereocenters. The third-order valence-corrected chi connectivity index (χ3v) is 9.53. The first-order valence-corrected chi connectivity index (χ1v) is 15.1. The first-order chi connectivity index (χ1) is 20.0. The summed E-state index contributed by atoms with van der Waals surface area (Å²) in [5.41, 5.74) is 10.5. The van der Waals surface area contributed by atoms with E-state index in [1.54, 1.807) is 11.3 Å². The van der Waals surface area contributed by atoms with Crippen LogP contribution < -0.4 is 5.32 Å². The van der Waals surface area contributed by atoms with Gasteiger partial charge < -0.3 is 10.3 Å². The summed E-state index contributed by atoms with van der Waals surface area (Å²) in [4.78, 5) is 10.6. The Morgan fingerprint density at radius 1 is 0.902 bits per heavy atom. The smallest absolute Gasteiger partial charge is 0.116 e. The van der Waals surface area contributed by atoms with Gasteiger partial charge in [0.2, 0.25) is 0 Å². The summed E-state index contributed by atoms with van der Waals surface area (Å²) in [7, 11) is 0. The highest BCUT2D eigenvalue weighted by Gasteiger charge is 2.18. The molecule has 7 rings (SSSR count). The number of hydrogen-bond acceptors (Lipinski definition) is 4. The fraction of sp³-hybridized carbons (Fsp3) is 0.200. The minimum absolute atomic E-state index is 0.544. The molecule has 0 unspecified atom stereocenters. The van der Waals surface area contributed by atoms with Crippen LogP contribution in [0.3, 0.4) is 0 Å². The number of pyridine rings is 1. The Kier molecular flexibility index (Phi) is 6.56. The molecule has 3 N–H and O–H groups in total. The molecule has 1 fully saturated rings. The summed E-state index contributed by atoms with van der Waals surface area (Å²) in [5.74, 6) is 0.544. The molecule has 1 aliphatic rings. The molecule has 0 aliphatic heterocycles. The molecule has 0 amide bonds. The number of allylic oxidation sites excluding steroid dienone is 2. The third kappa shape index (κ3) is 4.89. The van der Waals surface area contributed by atoms with Gasteiger partial charge in [0.1, 0.15) is 5.69 Å². The number of fused-ring (bicyclic) bond motifs is 2. The fourth-order valence-corrected chi connectivity index (χ4v) is 6.98. The SMILES string of the molecule is C=C(C)c1ccc(-c2cccc3[nH]c(-c4n[nH]c5ccc(-c6cncc(NC(=C)C7CCCCC7)c6)cc45)cc23)s1. The van der Waals surface area contributed by atoms with Gasteiger partial charge in [0.25, 0.3) is 0 Å². The van der Waals surface area contributed by atoms with Gasteiger partial charge in [0.15, 0.2) is 0 Å². The van der Waals surface area contributed by atoms with Crippen molar-refractivity contribution in [1.82, 2.24) is 20.2 Å². The van der Waals surface area contributed by atoms with Crippen LogP contribution in [0.1, 0.15) is 43.9 Å². The normalized spacial score (nSPS) is 14.1. The summed E-state index contributed by atoms with van der Waals surface area (Å²) in [6.07, 6.45) is 10.2. The summed E-state index contributed by atoms with van der Waals surface area (Å²) >= 11 is 1.78. The standard InChI is InChI=1S/C35H33N5S/c1-21(2)33-14-15-34(41-33)27-10-7-11-30-28(27)18-32(38-30)35-29-17-24(12-13-31(29)39-40-35)25-16-26(20-36-19-25)37-22(3)23-8-5-4-6-9-23/h7,10-20,23,37-38H,1,3-6,8-9H2,2H3,(H,39,40). The summed E-state index contributed by atoms with van der Waals surface area (Å²) in [5, 5.41) is 13.8. The highest BCUT2D eigenvalue weighted by Crippen LogP contribution is 2.39. The molecule has 0 spiro atoms. The van der Waals surface area contributed by atoms with Gasteiger partial charge in [0.05, 0.1) is 23.1 Å². The van der Waals surface area contributed by atoms with E-state index in [2.05, 4.69) is 101 Å². The lowest BCUT2D eigenvalue weighted by Crippen LogP contribution is -2.14. The first-order valence-electron chi connectivity index (χ1n) is 14.3. The van der Waals surface area contributed by atoms with Crippen molar-refractivity contribution >= 4 is 44.4 Å². The van der Waals surface area contributed by atoms with E-state index in [1.807, 2.05) is 12.4 Å². The maximum Gasteiger partial charge on any atom is 0.116 e. The van der Waals surface area contributed by atoms with E-state index in [-0.39, 0.29) is 0 Å². The van der Waals surface area contributed by atoms with Gasteiger partial charge in [-0.05, 0) is 79.3 Å². The summed E-state index contributed by atoms with van der Waals surface area (Å²) < 4.78 is 0. The number of hydrogen-bond donors (Lipinski definition) is 3. The van der Waals surface area contributed by atoms with Crippen molar-refractivity contribution in [1.29, 1.82) is 0 Å².